The Morgan fingerprint density at radius 3 is 2.43 bits per heavy atom. The zero-order valence-corrected chi connectivity index (χ0v) is 14.5. The van der Waals surface area contributed by atoms with Crippen LogP contribution in [0.25, 0.3) is 0 Å². The van der Waals surface area contributed by atoms with Gasteiger partial charge in [0.1, 0.15) is 0 Å². The summed E-state index contributed by atoms with van der Waals surface area (Å²) in [6.45, 7) is 8.53. The van der Waals surface area contributed by atoms with E-state index >= 15 is 0 Å². The van der Waals surface area contributed by atoms with Crippen LogP contribution in [0.2, 0.25) is 0 Å². The van der Waals surface area contributed by atoms with Crippen LogP contribution in [0.1, 0.15) is 52.9 Å². The highest BCUT2D eigenvalue weighted by atomic mass is 16.4. The first-order chi connectivity index (χ1) is 9.90. The molecule has 21 heavy (non-hydrogen) atoms. The van der Waals surface area contributed by atoms with Crippen molar-refractivity contribution in [2.75, 3.05) is 27.2 Å². The predicted octanol–water partition coefficient (Wildman–Crippen LogP) is 2.93. The molecule has 0 aromatic heterocycles. The van der Waals surface area contributed by atoms with Gasteiger partial charge in [0.2, 0.25) is 0 Å². The van der Waals surface area contributed by atoms with E-state index in [0.29, 0.717) is 12.0 Å². The molecule has 0 spiro atoms. The number of nitrogens with zero attached hydrogens (tertiary/aromatic N) is 2. The van der Waals surface area contributed by atoms with E-state index in [1.165, 1.54) is 12.8 Å². The summed E-state index contributed by atoms with van der Waals surface area (Å²) in [5.41, 5.74) is 0. The number of aliphatic carboxylic acids is 1. The largest absolute Gasteiger partial charge is 0.481 e. The average Bonchev–Trinajstić information content (AvgIpc) is 2.39. The molecule has 4 unspecified atom stereocenters. The van der Waals surface area contributed by atoms with Crippen LogP contribution < -0.4 is 0 Å². The summed E-state index contributed by atoms with van der Waals surface area (Å²) >= 11 is 0. The fourth-order valence-corrected chi connectivity index (χ4v) is 4.06. The molecular weight excluding hydrogens is 264 g/mol. The van der Waals surface area contributed by atoms with Crippen LogP contribution >= 0.6 is 0 Å². The molecule has 1 N–H and O–H groups in total. The van der Waals surface area contributed by atoms with E-state index in [4.69, 9.17) is 0 Å². The molecule has 4 heteroatoms. The number of likely N-dealkylation sites (N-methyl/N-ethyl adjacent to an activating group) is 2. The van der Waals surface area contributed by atoms with E-state index in [0.717, 1.165) is 32.4 Å². The summed E-state index contributed by atoms with van der Waals surface area (Å²) in [4.78, 5) is 16.3. The van der Waals surface area contributed by atoms with E-state index < -0.39 is 5.97 Å². The molecule has 0 saturated heterocycles. The van der Waals surface area contributed by atoms with Gasteiger partial charge in [0.25, 0.3) is 0 Å². The maximum Gasteiger partial charge on any atom is 0.308 e. The van der Waals surface area contributed by atoms with Crippen LogP contribution in [0.15, 0.2) is 0 Å². The van der Waals surface area contributed by atoms with Crippen molar-refractivity contribution in [3.63, 3.8) is 0 Å². The van der Waals surface area contributed by atoms with Gasteiger partial charge >= 0.3 is 5.97 Å². The second-order valence-corrected chi connectivity index (χ2v) is 6.92. The normalized spacial score (nSPS) is 28.0. The predicted molar refractivity (Wildman–Crippen MR) is 87.6 cm³/mol. The SMILES string of the molecule is CCCC1CCC(C(=O)O)C(N(CC)C(C)CN(C)C)C1. The van der Waals surface area contributed by atoms with Gasteiger partial charge in [-0.05, 0) is 52.7 Å². The number of carboxylic acids is 1. The number of carboxylic acid groups (broad SMARTS) is 1. The Morgan fingerprint density at radius 1 is 1.29 bits per heavy atom. The minimum atomic E-state index is -0.606. The zero-order valence-electron chi connectivity index (χ0n) is 14.5. The summed E-state index contributed by atoms with van der Waals surface area (Å²) in [5.74, 6) is -0.0932. The Hall–Kier alpha value is -0.610. The van der Waals surface area contributed by atoms with E-state index in [1.807, 2.05) is 0 Å². The quantitative estimate of drug-likeness (QED) is 0.748. The Morgan fingerprint density at radius 2 is 1.95 bits per heavy atom. The Bertz CT molecular complexity index is 320. The van der Waals surface area contributed by atoms with E-state index in [2.05, 4.69) is 44.7 Å². The second-order valence-electron chi connectivity index (χ2n) is 6.92. The third-order valence-electron chi connectivity index (χ3n) is 4.93. The Kier molecular flexibility index (Phi) is 7.67. The monoisotopic (exact) mass is 298 g/mol. The molecule has 1 saturated carbocycles. The fourth-order valence-electron chi connectivity index (χ4n) is 4.06. The highest BCUT2D eigenvalue weighted by molar-refractivity contribution is 5.71. The van der Waals surface area contributed by atoms with Crippen LogP contribution in [0.5, 0.6) is 0 Å². The van der Waals surface area contributed by atoms with E-state index in [1.54, 1.807) is 0 Å². The third kappa shape index (κ3) is 5.26. The molecule has 1 rings (SSSR count). The lowest BCUT2D eigenvalue weighted by Gasteiger charge is -2.44. The minimum Gasteiger partial charge on any atom is -0.481 e. The molecule has 0 heterocycles. The standard InChI is InChI=1S/C17H34N2O2/c1-6-8-14-9-10-15(17(20)21)16(11-14)19(7-2)13(3)12-18(4)5/h13-16H,6-12H2,1-5H3,(H,20,21). The highest BCUT2D eigenvalue weighted by Crippen LogP contribution is 2.35. The highest BCUT2D eigenvalue weighted by Gasteiger charge is 2.39. The van der Waals surface area contributed by atoms with E-state index in [-0.39, 0.29) is 12.0 Å². The average molecular weight is 298 g/mol. The number of rotatable bonds is 8. The third-order valence-corrected chi connectivity index (χ3v) is 4.93. The first kappa shape index (κ1) is 18.4. The van der Waals surface area contributed by atoms with Crippen molar-refractivity contribution in [1.29, 1.82) is 0 Å². The number of hydrogen-bond donors (Lipinski definition) is 1. The van der Waals surface area contributed by atoms with Gasteiger partial charge in [-0.15, -0.1) is 0 Å². The molecule has 4 atom stereocenters. The summed E-state index contributed by atoms with van der Waals surface area (Å²) in [6.07, 6.45) is 5.42. The maximum absolute atomic E-state index is 11.7. The number of carbonyl (C=O) groups is 1. The van der Waals surface area contributed by atoms with Crippen molar-refractivity contribution < 1.29 is 9.90 Å². The maximum atomic E-state index is 11.7. The van der Waals surface area contributed by atoms with Crippen LogP contribution in [0, 0.1) is 11.8 Å². The van der Waals surface area contributed by atoms with Crippen LogP contribution in [0.4, 0.5) is 0 Å². The Labute approximate surface area is 130 Å². The molecule has 0 amide bonds. The van der Waals surface area contributed by atoms with Crippen molar-refractivity contribution in [1.82, 2.24) is 9.80 Å². The van der Waals surface area contributed by atoms with Gasteiger partial charge < -0.3 is 10.0 Å². The first-order valence-electron chi connectivity index (χ1n) is 8.53. The minimum absolute atomic E-state index is 0.192. The van der Waals surface area contributed by atoms with Gasteiger partial charge in [0, 0.05) is 18.6 Å². The molecule has 124 valence electrons. The van der Waals surface area contributed by atoms with E-state index in [9.17, 15) is 9.90 Å². The van der Waals surface area contributed by atoms with Gasteiger partial charge in [-0.3, -0.25) is 9.69 Å². The molecule has 0 aromatic rings. The summed E-state index contributed by atoms with van der Waals surface area (Å²) in [7, 11) is 4.17. The molecule has 0 bridgehead atoms. The summed E-state index contributed by atoms with van der Waals surface area (Å²) in [6, 6.07) is 0.602. The smallest absolute Gasteiger partial charge is 0.308 e. The van der Waals surface area contributed by atoms with Gasteiger partial charge in [0.05, 0.1) is 5.92 Å². The molecule has 1 aliphatic carbocycles. The van der Waals surface area contributed by atoms with Crippen molar-refractivity contribution in [3.05, 3.63) is 0 Å². The van der Waals surface area contributed by atoms with Crippen molar-refractivity contribution >= 4 is 5.97 Å². The Balaban J connectivity index is 2.84. The lowest BCUT2D eigenvalue weighted by molar-refractivity contribution is -0.146. The van der Waals surface area contributed by atoms with Crippen LogP contribution in [-0.2, 0) is 4.79 Å². The molecule has 0 radical (unpaired) electrons. The van der Waals surface area contributed by atoms with Gasteiger partial charge in [0.15, 0.2) is 0 Å². The molecule has 4 nitrogen and oxygen atoms in total. The second kappa shape index (κ2) is 8.74. The zero-order chi connectivity index (χ0) is 16.0. The summed E-state index contributed by atoms with van der Waals surface area (Å²) < 4.78 is 0. The van der Waals surface area contributed by atoms with Gasteiger partial charge in [-0.2, -0.15) is 0 Å². The molecule has 0 aromatic carbocycles. The lowest BCUT2D eigenvalue weighted by atomic mass is 9.75. The number of hydrogen-bond acceptors (Lipinski definition) is 3. The lowest BCUT2D eigenvalue weighted by Crippen LogP contribution is -2.52. The van der Waals surface area contributed by atoms with Gasteiger partial charge in [-0.1, -0.05) is 26.7 Å². The van der Waals surface area contributed by atoms with Crippen molar-refractivity contribution in [3.8, 4) is 0 Å². The topological polar surface area (TPSA) is 43.8 Å². The van der Waals surface area contributed by atoms with Crippen LogP contribution in [-0.4, -0.2) is 60.1 Å². The molecule has 1 aliphatic rings. The van der Waals surface area contributed by atoms with Crippen molar-refractivity contribution in [2.24, 2.45) is 11.8 Å². The summed E-state index contributed by atoms with van der Waals surface area (Å²) in [5, 5.41) is 9.60. The van der Waals surface area contributed by atoms with Crippen molar-refractivity contribution in [2.45, 2.75) is 65.0 Å². The first-order valence-corrected chi connectivity index (χ1v) is 8.53. The molecule has 1 fully saturated rings. The fraction of sp³-hybridized carbons (Fsp3) is 0.941. The molecular formula is C17H34N2O2. The molecule has 0 aliphatic heterocycles. The van der Waals surface area contributed by atoms with Gasteiger partial charge in [-0.25, -0.2) is 0 Å². The van der Waals surface area contributed by atoms with Crippen LogP contribution in [0.3, 0.4) is 0 Å².